The maximum Gasteiger partial charge on any atom is 0.320 e. The van der Waals surface area contributed by atoms with Crippen LogP contribution in [0.5, 0.6) is 5.75 Å². The van der Waals surface area contributed by atoms with Gasteiger partial charge in [-0.3, -0.25) is 5.32 Å². The van der Waals surface area contributed by atoms with Crippen molar-refractivity contribution in [2.75, 3.05) is 11.9 Å². The van der Waals surface area contributed by atoms with Crippen LogP contribution >= 0.6 is 23.2 Å². The van der Waals surface area contributed by atoms with Crippen LogP contribution in [0, 0.1) is 5.82 Å². The lowest BCUT2D eigenvalue weighted by Crippen LogP contribution is -2.31. The highest BCUT2D eigenvalue weighted by Gasteiger charge is 2.43. The van der Waals surface area contributed by atoms with Crippen molar-refractivity contribution in [1.82, 2.24) is 10.3 Å². The van der Waals surface area contributed by atoms with Crippen LogP contribution < -0.4 is 15.4 Å². The summed E-state index contributed by atoms with van der Waals surface area (Å²) in [6.07, 6.45) is 2.04. The molecular weight excluding hydrogens is 368 g/mol. The first-order chi connectivity index (χ1) is 12.0. The van der Waals surface area contributed by atoms with E-state index >= 15 is 0 Å². The predicted octanol–water partition coefficient (Wildman–Crippen LogP) is 4.60. The van der Waals surface area contributed by atoms with Crippen LogP contribution in [-0.2, 0) is 0 Å². The zero-order chi connectivity index (χ0) is 18.0. The Kier molecular flexibility index (Phi) is 5.30. The number of benzene rings is 1. The molecular formula is C17H16Cl2FN3O2. The molecule has 2 atom stereocenters. The Bertz CT molecular complexity index is 786. The van der Waals surface area contributed by atoms with Gasteiger partial charge >= 0.3 is 6.03 Å². The van der Waals surface area contributed by atoms with Crippen LogP contribution in [0.25, 0.3) is 0 Å². The van der Waals surface area contributed by atoms with Gasteiger partial charge in [0, 0.05) is 28.7 Å². The number of amides is 2. The van der Waals surface area contributed by atoms with Gasteiger partial charge < -0.3 is 10.1 Å². The molecule has 0 aliphatic heterocycles. The van der Waals surface area contributed by atoms with E-state index in [2.05, 4.69) is 15.6 Å². The summed E-state index contributed by atoms with van der Waals surface area (Å²) in [5.41, 5.74) is 0.377. The smallest absolute Gasteiger partial charge is 0.320 e. The van der Waals surface area contributed by atoms with E-state index in [1.54, 1.807) is 25.1 Å². The molecule has 132 valence electrons. The normalized spacial score (nSPS) is 18.6. The fraction of sp³-hybridized carbons (Fsp3) is 0.294. The highest BCUT2D eigenvalue weighted by atomic mass is 35.5. The van der Waals surface area contributed by atoms with Crippen molar-refractivity contribution < 1.29 is 13.9 Å². The Morgan fingerprint density at radius 1 is 1.36 bits per heavy atom. The first-order valence-corrected chi connectivity index (χ1v) is 8.55. The molecule has 1 aromatic carbocycles. The second kappa shape index (κ2) is 7.45. The number of hydrogen-bond donors (Lipinski definition) is 2. The van der Waals surface area contributed by atoms with Crippen molar-refractivity contribution in [2.24, 2.45) is 0 Å². The number of nitrogens with one attached hydrogen (secondary N) is 2. The van der Waals surface area contributed by atoms with Crippen LogP contribution in [0.3, 0.4) is 0 Å². The predicted molar refractivity (Wildman–Crippen MR) is 95.1 cm³/mol. The SMILES string of the molecule is CCOc1ccc(Cl)c([C@@H]2C[C@@H]2NC(=O)Nc2ccc(Cl)cn2)c1F. The molecule has 3 rings (SSSR count). The summed E-state index contributed by atoms with van der Waals surface area (Å²) in [5.74, 6) is -0.107. The van der Waals surface area contributed by atoms with E-state index < -0.39 is 11.8 Å². The Morgan fingerprint density at radius 2 is 2.16 bits per heavy atom. The van der Waals surface area contributed by atoms with Gasteiger partial charge in [-0.2, -0.15) is 0 Å². The molecule has 0 radical (unpaired) electrons. The minimum absolute atomic E-state index is 0.169. The maximum atomic E-state index is 14.5. The highest BCUT2D eigenvalue weighted by molar-refractivity contribution is 6.31. The molecule has 5 nitrogen and oxygen atoms in total. The number of rotatable bonds is 5. The molecule has 2 aromatic rings. The van der Waals surface area contributed by atoms with Gasteiger partial charge in [0.15, 0.2) is 11.6 Å². The number of ether oxygens (including phenoxy) is 1. The van der Waals surface area contributed by atoms with E-state index in [9.17, 15) is 9.18 Å². The summed E-state index contributed by atoms with van der Waals surface area (Å²) in [6.45, 7) is 2.14. The molecule has 0 spiro atoms. The summed E-state index contributed by atoms with van der Waals surface area (Å²) in [5, 5.41) is 6.19. The van der Waals surface area contributed by atoms with Crippen LogP contribution in [0.1, 0.15) is 24.8 Å². The molecule has 1 aromatic heterocycles. The fourth-order valence-corrected chi connectivity index (χ4v) is 3.00. The summed E-state index contributed by atoms with van der Waals surface area (Å²) in [7, 11) is 0. The molecule has 0 unspecified atom stereocenters. The van der Waals surface area contributed by atoms with Gasteiger partial charge in [-0.25, -0.2) is 14.2 Å². The van der Waals surface area contributed by atoms with Crippen LogP contribution in [0.2, 0.25) is 10.0 Å². The number of urea groups is 1. The molecule has 1 aliphatic rings. The minimum Gasteiger partial charge on any atom is -0.491 e. The van der Waals surface area contributed by atoms with Gasteiger partial charge in [-0.15, -0.1) is 0 Å². The average Bonchev–Trinajstić information content (AvgIpc) is 3.31. The number of anilines is 1. The third-order valence-electron chi connectivity index (χ3n) is 3.84. The van der Waals surface area contributed by atoms with Crippen LogP contribution in [0.4, 0.5) is 15.0 Å². The summed E-state index contributed by atoms with van der Waals surface area (Å²) in [4.78, 5) is 16.0. The number of pyridine rings is 1. The Morgan fingerprint density at radius 3 is 2.84 bits per heavy atom. The van der Waals surface area contributed by atoms with Crippen molar-refractivity contribution in [3.8, 4) is 5.75 Å². The van der Waals surface area contributed by atoms with Crippen molar-refractivity contribution in [3.63, 3.8) is 0 Å². The van der Waals surface area contributed by atoms with E-state index in [0.717, 1.165) is 0 Å². The van der Waals surface area contributed by atoms with Crippen molar-refractivity contribution in [1.29, 1.82) is 0 Å². The first-order valence-electron chi connectivity index (χ1n) is 7.79. The number of nitrogens with zero attached hydrogens (tertiary/aromatic N) is 1. The standard InChI is InChI=1S/C17H16Cl2FN3O2/c1-2-25-13-5-4-11(19)15(16(13)20)10-7-12(10)22-17(24)23-14-6-3-9(18)8-21-14/h3-6,8,10,12H,2,7H2,1H3,(H2,21,22,23,24)/t10-,12+/m1/s1. The molecule has 2 amide bonds. The van der Waals surface area contributed by atoms with Gasteiger partial charge in [0.1, 0.15) is 5.82 Å². The number of halogens is 3. The fourth-order valence-electron chi connectivity index (χ4n) is 2.60. The Balaban J connectivity index is 1.64. The van der Waals surface area contributed by atoms with Crippen molar-refractivity contribution >= 4 is 35.1 Å². The van der Waals surface area contributed by atoms with Gasteiger partial charge in [0.2, 0.25) is 0 Å². The lowest BCUT2D eigenvalue weighted by atomic mass is 10.1. The van der Waals surface area contributed by atoms with Crippen molar-refractivity contribution in [2.45, 2.75) is 25.3 Å². The molecule has 1 heterocycles. The molecule has 1 fully saturated rings. The number of carbonyl (C=O) groups excluding carboxylic acids is 1. The second-order valence-electron chi connectivity index (χ2n) is 5.61. The molecule has 1 saturated carbocycles. The quantitative estimate of drug-likeness (QED) is 0.792. The van der Waals surface area contributed by atoms with Gasteiger partial charge in [0.05, 0.1) is 11.6 Å². The van der Waals surface area contributed by atoms with Crippen LogP contribution in [0.15, 0.2) is 30.5 Å². The zero-order valence-corrected chi connectivity index (χ0v) is 14.9. The molecule has 1 aliphatic carbocycles. The van der Waals surface area contributed by atoms with E-state index in [-0.39, 0.29) is 17.7 Å². The molecule has 8 heteroatoms. The van der Waals surface area contributed by atoms with Gasteiger partial charge in [0.25, 0.3) is 0 Å². The lowest BCUT2D eigenvalue weighted by Gasteiger charge is -2.11. The molecule has 25 heavy (non-hydrogen) atoms. The highest BCUT2D eigenvalue weighted by Crippen LogP contribution is 2.46. The summed E-state index contributed by atoms with van der Waals surface area (Å²) < 4.78 is 19.8. The Labute approximate surface area is 154 Å². The monoisotopic (exact) mass is 383 g/mol. The molecule has 0 saturated heterocycles. The zero-order valence-electron chi connectivity index (χ0n) is 13.4. The van der Waals surface area contributed by atoms with E-state index in [0.29, 0.717) is 34.5 Å². The first kappa shape index (κ1) is 17.8. The van der Waals surface area contributed by atoms with E-state index in [1.165, 1.54) is 12.3 Å². The minimum atomic E-state index is -0.469. The summed E-state index contributed by atoms with van der Waals surface area (Å²) in [6, 6.07) is 5.72. The second-order valence-corrected chi connectivity index (χ2v) is 6.46. The van der Waals surface area contributed by atoms with E-state index in [4.69, 9.17) is 27.9 Å². The van der Waals surface area contributed by atoms with Gasteiger partial charge in [-0.05, 0) is 37.6 Å². The summed E-state index contributed by atoms with van der Waals surface area (Å²) >= 11 is 11.9. The van der Waals surface area contributed by atoms with Gasteiger partial charge in [-0.1, -0.05) is 23.2 Å². The number of hydrogen-bond acceptors (Lipinski definition) is 3. The lowest BCUT2D eigenvalue weighted by molar-refractivity contribution is 0.251. The van der Waals surface area contributed by atoms with Crippen molar-refractivity contribution in [3.05, 3.63) is 51.9 Å². The van der Waals surface area contributed by atoms with E-state index in [1.807, 2.05) is 0 Å². The number of carbonyl (C=O) groups is 1. The topological polar surface area (TPSA) is 63.2 Å². The average molecular weight is 384 g/mol. The number of aromatic nitrogens is 1. The third-order valence-corrected chi connectivity index (χ3v) is 4.39. The molecule has 2 N–H and O–H groups in total. The largest absolute Gasteiger partial charge is 0.491 e. The van der Waals surface area contributed by atoms with Crippen LogP contribution in [-0.4, -0.2) is 23.7 Å². The maximum absolute atomic E-state index is 14.5. The molecule has 0 bridgehead atoms. The Hall–Kier alpha value is -2.05. The third kappa shape index (κ3) is 4.14.